The first kappa shape index (κ1) is 25.0. The molecule has 2 saturated heterocycles. The van der Waals surface area contributed by atoms with E-state index in [1.807, 2.05) is 18.7 Å². The molecule has 0 radical (unpaired) electrons. The molecule has 2 N–H and O–H groups in total. The Bertz CT molecular complexity index is 1100. The molecule has 0 aromatic heterocycles. The molecule has 0 bridgehead atoms. The van der Waals surface area contributed by atoms with E-state index in [0.29, 0.717) is 30.4 Å². The van der Waals surface area contributed by atoms with E-state index in [1.54, 1.807) is 6.20 Å². The fourth-order valence-corrected chi connectivity index (χ4v) is 7.33. The average molecular weight is 502 g/mol. The van der Waals surface area contributed by atoms with Crippen LogP contribution in [0, 0.1) is 16.7 Å². The summed E-state index contributed by atoms with van der Waals surface area (Å²) in [6.45, 7) is 6.61. The van der Waals surface area contributed by atoms with Crippen LogP contribution >= 0.6 is 0 Å². The smallest absolute Gasteiger partial charge is 0.340 e. The van der Waals surface area contributed by atoms with Gasteiger partial charge < -0.3 is 29.3 Å². The lowest BCUT2D eigenvalue weighted by Gasteiger charge is -2.54. The highest BCUT2D eigenvalue weighted by Gasteiger charge is 2.64. The number of cyclic esters (lactones) is 1. The number of hydrogen-bond donors (Lipinski definition) is 2. The summed E-state index contributed by atoms with van der Waals surface area (Å²) in [6, 6.07) is 0. The second-order valence-electron chi connectivity index (χ2n) is 11.2. The largest absolute Gasteiger partial charge is 0.504 e. The summed E-state index contributed by atoms with van der Waals surface area (Å²) >= 11 is 0. The lowest BCUT2D eigenvalue weighted by atomic mass is 9.53. The minimum atomic E-state index is -1.17. The predicted octanol–water partition coefficient (Wildman–Crippen LogP) is 2.35. The molecule has 0 amide bonds. The Morgan fingerprint density at radius 3 is 2.56 bits per heavy atom. The van der Waals surface area contributed by atoms with Crippen LogP contribution in [0.3, 0.4) is 0 Å². The van der Waals surface area contributed by atoms with Gasteiger partial charge in [-0.3, -0.25) is 9.59 Å². The number of hydrogen-bond acceptors (Lipinski definition) is 9. The zero-order valence-corrected chi connectivity index (χ0v) is 21.3. The minimum absolute atomic E-state index is 0.0261. The van der Waals surface area contributed by atoms with Crippen LogP contribution in [0.15, 0.2) is 34.3 Å². The van der Waals surface area contributed by atoms with E-state index in [2.05, 4.69) is 0 Å². The van der Waals surface area contributed by atoms with E-state index in [1.165, 1.54) is 14.0 Å². The van der Waals surface area contributed by atoms with Crippen LogP contribution in [0.2, 0.25) is 0 Å². The van der Waals surface area contributed by atoms with E-state index < -0.39 is 52.6 Å². The van der Waals surface area contributed by atoms with E-state index in [9.17, 15) is 24.6 Å². The molecule has 3 fully saturated rings. The van der Waals surface area contributed by atoms with E-state index in [-0.39, 0.29) is 23.7 Å². The molecular formula is C27H35NO8. The maximum Gasteiger partial charge on any atom is 0.340 e. The summed E-state index contributed by atoms with van der Waals surface area (Å²) in [6.07, 6.45) is 2.70. The summed E-state index contributed by atoms with van der Waals surface area (Å²) < 4.78 is 17.2. The number of Topliss-reactive ketones (excluding diaryl/α,β-unsaturated/α-hetero) is 1. The number of carbonyl (C=O) groups is 3. The molecule has 196 valence electrons. The van der Waals surface area contributed by atoms with Crippen molar-refractivity contribution in [2.75, 3.05) is 26.8 Å². The highest BCUT2D eigenvalue weighted by Crippen LogP contribution is 2.63. The lowest BCUT2D eigenvalue weighted by Crippen LogP contribution is -2.57. The molecule has 5 aliphatic rings. The van der Waals surface area contributed by atoms with Crippen molar-refractivity contribution in [2.24, 2.45) is 16.7 Å². The van der Waals surface area contributed by atoms with Crippen LogP contribution in [0.4, 0.5) is 0 Å². The zero-order valence-electron chi connectivity index (χ0n) is 21.3. The van der Waals surface area contributed by atoms with Crippen LogP contribution in [-0.2, 0) is 28.6 Å². The topological polar surface area (TPSA) is 123 Å². The Morgan fingerprint density at radius 2 is 1.92 bits per heavy atom. The second kappa shape index (κ2) is 8.73. The summed E-state index contributed by atoms with van der Waals surface area (Å²) in [5, 5.41) is 22.4. The molecule has 0 spiro atoms. The van der Waals surface area contributed by atoms with Crippen molar-refractivity contribution in [3.8, 4) is 0 Å². The van der Waals surface area contributed by atoms with E-state index in [0.717, 1.165) is 25.9 Å². The first-order valence-corrected chi connectivity index (χ1v) is 12.8. The fraction of sp³-hybridized carbons (Fsp3) is 0.667. The summed E-state index contributed by atoms with van der Waals surface area (Å²) in [5.41, 5.74) is -0.596. The lowest BCUT2D eigenvalue weighted by molar-refractivity contribution is -0.161. The number of carbonyl (C=O) groups excluding carboxylic acids is 3. The Balaban J connectivity index is 1.76. The van der Waals surface area contributed by atoms with Gasteiger partial charge in [0.15, 0.2) is 5.76 Å². The van der Waals surface area contributed by atoms with Crippen molar-refractivity contribution in [1.82, 2.24) is 4.90 Å². The standard InChI is InChI=1S/C27H35NO8/c1-14(29)35-17-11-26(2)16(7-8-18(26)30)20-22(17)27(3)19(13-34-4)36-25(33)15(12-28-9-5-6-10-28)21(27)24(32)23(20)31/h12,16-19,30,32H,5-11,13H2,1-4H3/b15-12+/t16-,17+,18-,19+,26-,27-/m0/s1. The van der Waals surface area contributed by atoms with Gasteiger partial charge in [-0.25, -0.2) is 4.79 Å². The summed E-state index contributed by atoms with van der Waals surface area (Å²) in [5.74, 6) is -2.51. The SMILES string of the molecule is COC[C@H]1OC(=O)/C(=C/N2CCCC2)C2=C(O)C(=O)C3=C([C@H](OC(C)=O)C[C@]4(C)[C@@H](O)CC[C@@H]34)[C@]21C. The van der Waals surface area contributed by atoms with E-state index >= 15 is 0 Å². The molecular weight excluding hydrogens is 466 g/mol. The van der Waals surface area contributed by atoms with Gasteiger partial charge in [0, 0.05) is 49.9 Å². The van der Waals surface area contributed by atoms with Crippen LogP contribution in [-0.4, -0.2) is 78.0 Å². The third-order valence-corrected chi connectivity index (χ3v) is 9.11. The Morgan fingerprint density at radius 1 is 1.22 bits per heavy atom. The van der Waals surface area contributed by atoms with Crippen molar-refractivity contribution in [3.63, 3.8) is 0 Å². The molecule has 9 nitrogen and oxygen atoms in total. The number of ether oxygens (including phenoxy) is 3. The third-order valence-electron chi connectivity index (χ3n) is 9.11. The number of likely N-dealkylation sites (tertiary alicyclic amines) is 1. The van der Waals surface area contributed by atoms with Gasteiger partial charge in [-0.05, 0) is 50.5 Å². The molecule has 2 aliphatic heterocycles. The fourth-order valence-electron chi connectivity index (χ4n) is 7.33. The van der Waals surface area contributed by atoms with Gasteiger partial charge in [-0.2, -0.15) is 0 Å². The molecule has 1 saturated carbocycles. The molecule has 2 heterocycles. The van der Waals surface area contributed by atoms with Gasteiger partial charge in [0.1, 0.15) is 12.2 Å². The Hall–Kier alpha value is -2.65. The number of aliphatic hydroxyl groups excluding tert-OH is 2. The van der Waals surface area contributed by atoms with Crippen molar-refractivity contribution < 1.29 is 38.8 Å². The van der Waals surface area contributed by atoms with Crippen LogP contribution in [0.5, 0.6) is 0 Å². The number of rotatable bonds is 4. The zero-order chi connectivity index (χ0) is 26.0. The predicted molar refractivity (Wildman–Crippen MR) is 127 cm³/mol. The highest BCUT2D eigenvalue weighted by molar-refractivity contribution is 6.13. The number of fused-ring (bicyclic) bond motifs is 4. The number of aliphatic hydroxyl groups is 2. The average Bonchev–Trinajstić information content (AvgIpc) is 3.42. The maximum absolute atomic E-state index is 13.9. The molecule has 0 unspecified atom stereocenters. The summed E-state index contributed by atoms with van der Waals surface area (Å²) in [4.78, 5) is 41.4. The molecule has 5 rings (SSSR count). The van der Waals surface area contributed by atoms with E-state index in [4.69, 9.17) is 14.2 Å². The van der Waals surface area contributed by atoms with Crippen molar-refractivity contribution in [1.29, 1.82) is 0 Å². The van der Waals surface area contributed by atoms with Gasteiger partial charge in [-0.1, -0.05) is 6.92 Å². The van der Waals surface area contributed by atoms with Crippen molar-refractivity contribution in [3.05, 3.63) is 34.3 Å². The molecule has 0 aromatic rings. The van der Waals surface area contributed by atoms with Gasteiger partial charge >= 0.3 is 11.9 Å². The normalized spacial score (nSPS) is 39.2. The Kier molecular flexibility index (Phi) is 6.07. The molecule has 9 heteroatoms. The Labute approximate surface area is 210 Å². The number of ketones is 1. The molecule has 3 aliphatic carbocycles. The van der Waals surface area contributed by atoms with Crippen LogP contribution in [0.1, 0.15) is 52.9 Å². The minimum Gasteiger partial charge on any atom is -0.504 e. The number of esters is 2. The molecule has 0 aromatic carbocycles. The van der Waals surface area contributed by atoms with Gasteiger partial charge in [-0.15, -0.1) is 0 Å². The third kappa shape index (κ3) is 3.46. The number of allylic oxidation sites excluding steroid dienone is 1. The van der Waals surface area contributed by atoms with Crippen molar-refractivity contribution >= 4 is 17.7 Å². The van der Waals surface area contributed by atoms with Crippen molar-refractivity contribution in [2.45, 2.75) is 71.2 Å². The van der Waals surface area contributed by atoms with Gasteiger partial charge in [0.2, 0.25) is 5.78 Å². The van der Waals surface area contributed by atoms with Crippen LogP contribution < -0.4 is 0 Å². The second-order valence-corrected chi connectivity index (χ2v) is 11.2. The monoisotopic (exact) mass is 501 g/mol. The van der Waals surface area contributed by atoms with Crippen LogP contribution in [0.25, 0.3) is 0 Å². The number of nitrogens with zero attached hydrogens (tertiary/aromatic N) is 1. The molecule has 36 heavy (non-hydrogen) atoms. The first-order valence-electron chi connectivity index (χ1n) is 12.8. The number of methoxy groups -OCH3 is 1. The quantitative estimate of drug-likeness (QED) is 0.441. The summed E-state index contributed by atoms with van der Waals surface area (Å²) in [7, 11) is 1.49. The van der Waals surface area contributed by atoms with Gasteiger partial charge in [0.25, 0.3) is 0 Å². The highest BCUT2D eigenvalue weighted by atomic mass is 16.6. The first-order chi connectivity index (χ1) is 17.0. The molecule has 6 atom stereocenters. The van der Waals surface area contributed by atoms with Gasteiger partial charge in [0.05, 0.1) is 23.7 Å². The maximum atomic E-state index is 13.9.